The Bertz CT molecular complexity index is 460. The summed E-state index contributed by atoms with van der Waals surface area (Å²) in [6.07, 6.45) is 1.86. The van der Waals surface area contributed by atoms with Crippen LogP contribution in [0.3, 0.4) is 0 Å². The Hall–Kier alpha value is -1.35. The highest BCUT2D eigenvalue weighted by Crippen LogP contribution is 2.26. The van der Waals surface area contributed by atoms with Gasteiger partial charge in [0, 0.05) is 25.0 Å². The molecule has 1 aliphatic heterocycles. The van der Waals surface area contributed by atoms with Crippen LogP contribution in [0.1, 0.15) is 31.4 Å². The number of aryl methyl sites for hydroxylation is 1. The zero-order valence-electron chi connectivity index (χ0n) is 12.9. The minimum Gasteiger partial charge on any atom is -0.341 e. The summed E-state index contributed by atoms with van der Waals surface area (Å²) in [6, 6.07) is 8.35. The molecule has 0 saturated carbocycles. The number of hydrogen-bond acceptors (Lipinski definition) is 2. The van der Waals surface area contributed by atoms with E-state index in [0.29, 0.717) is 0 Å². The van der Waals surface area contributed by atoms with E-state index in [1.807, 2.05) is 11.0 Å². The predicted octanol–water partition coefficient (Wildman–Crippen LogP) is 2.39. The molecular weight excluding hydrogens is 248 g/mol. The molecule has 1 amide bonds. The largest absolute Gasteiger partial charge is 0.341 e. The van der Waals surface area contributed by atoms with E-state index >= 15 is 0 Å². The summed E-state index contributed by atoms with van der Waals surface area (Å²) in [7, 11) is 0. The van der Waals surface area contributed by atoms with Gasteiger partial charge >= 0.3 is 0 Å². The zero-order chi connectivity index (χ0) is 14.6. The molecule has 3 heteroatoms. The third-order valence-corrected chi connectivity index (χ3v) is 4.10. The van der Waals surface area contributed by atoms with E-state index in [2.05, 4.69) is 44.3 Å². The molecule has 1 aromatic carbocycles. The van der Waals surface area contributed by atoms with Crippen molar-refractivity contribution in [3.63, 3.8) is 0 Å². The third-order valence-electron chi connectivity index (χ3n) is 4.10. The van der Waals surface area contributed by atoms with E-state index in [1.165, 1.54) is 11.1 Å². The number of nitrogens with one attached hydrogen (secondary N) is 1. The fourth-order valence-corrected chi connectivity index (χ4v) is 2.84. The maximum atomic E-state index is 12.8. The summed E-state index contributed by atoms with van der Waals surface area (Å²) < 4.78 is 0. The van der Waals surface area contributed by atoms with Crippen LogP contribution in [0.5, 0.6) is 0 Å². The minimum atomic E-state index is -0.337. The Morgan fingerprint density at radius 3 is 2.75 bits per heavy atom. The van der Waals surface area contributed by atoms with E-state index in [1.54, 1.807) is 0 Å². The van der Waals surface area contributed by atoms with Crippen molar-refractivity contribution in [2.24, 2.45) is 5.41 Å². The van der Waals surface area contributed by atoms with Crippen LogP contribution in [0, 0.1) is 12.3 Å². The number of amides is 1. The fraction of sp³-hybridized carbons (Fsp3) is 0.588. The summed E-state index contributed by atoms with van der Waals surface area (Å²) in [6.45, 7) is 9.89. The van der Waals surface area contributed by atoms with Gasteiger partial charge in [0.2, 0.25) is 5.91 Å². The van der Waals surface area contributed by atoms with Gasteiger partial charge in [0.1, 0.15) is 0 Å². The van der Waals surface area contributed by atoms with Crippen LogP contribution < -0.4 is 5.32 Å². The standard InChI is InChI=1S/C17H26N2O/c1-14-7-4-5-8-15(14)13-17(2,3)16(20)19-11-6-9-18-10-12-19/h4-5,7-8,18H,6,9-13H2,1-3H3. The quantitative estimate of drug-likeness (QED) is 0.918. The van der Waals surface area contributed by atoms with Gasteiger partial charge in [0.05, 0.1) is 0 Å². The topological polar surface area (TPSA) is 32.3 Å². The van der Waals surface area contributed by atoms with E-state index in [0.717, 1.165) is 39.0 Å². The normalized spacial score (nSPS) is 16.9. The molecule has 0 bridgehead atoms. The van der Waals surface area contributed by atoms with Gasteiger partial charge in [-0.1, -0.05) is 38.1 Å². The second kappa shape index (κ2) is 6.40. The molecule has 0 aromatic heterocycles. The van der Waals surface area contributed by atoms with Gasteiger partial charge in [-0.3, -0.25) is 4.79 Å². The molecular formula is C17H26N2O. The highest BCUT2D eigenvalue weighted by molar-refractivity contribution is 5.82. The van der Waals surface area contributed by atoms with Crippen molar-refractivity contribution < 1.29 is 4.79 Å². The fourth-order valence-electron chi connectivity index (χ4n) is 2.84. The second-order valence-corrected chi connectivity index (χ2v) is 6.38. The molecule has 0 unspecified atom stereocenters. The molecule has 1 heterocycles. The summed E-state index contributed by atoms with van der Waals surface area (Å²) in [5, 5.41) is 3.35. The Kier molecular flexibility index (Phi) is 4.81. The van der Waals surface area contributed by atoms with Crippen LogP contribution in [-0.2, 0) is 11.2 Å². The molecule has 0 aliphatic carbocycles. The number of carbonyl (C=O) groups is 1. The molecule has 1 aliphatic rings. The van der Waals surface area contributed by atoms with Crippen molar-refractivity contribution in [1.29, 1.82) is 0 Å². The number of nitrogens with zero attached hydrogens (tertiary/aromatic N) is 1. The Labute approximate surface area is 122 Å². The molecule has 0 spiro atoms. The van der Waals surface area contributed by atoms with E-state index in [4.69, 9.17) is 0 Å². The van der Waals surface area contributed by atoms with Gasteiger partial charge in [-0.25, -0.2) is 0 Å². The number of hydrogen-bond donors (Lipinski definition) is 1. The van der Waals surface area contributed by atoms with Crippen LogP contribution in [0.4, 0.5) is 0 Å². The van der Waals surface area contributed by atoms with Gasteiger partial charge in [0.15, 0.2) is 0 Å². The lowest BCUT2D eigenvalue weighted by atomic mass is 9.83. The van der Waals surface area contributed by atoms with Gasteiger partial charge in [-0.05, 0) is 37.4 Å². The van der Waals surface area contributed by atoms with Crippen LogP contribution in [0.15, 0.2) is 24.3 Å². The van der Waals surface area contributed by atoms with Crippen molar-refractivity contribution >= 4 is 5.91 Å². The van der Waals surface area contributed by atoms with Crippen molar-refractivity contribution in [1.82, 2.24) is 10.2 Å². The lowest BCUT2D eigenvalue weighted by Crippen LogP contribution is -2.43. The Morgan fingerprint density at radius 2 is 2.00 bits per heavy atom. The molecule has 1 fully saturated rings. The SMILES string of the molecule is Cc1ccccc1CC(C)(C)C(=O)N1CCCNCC1. The molecule has 1 N–H and O–H groups in total. The van der Waals surface area contributed by atoms with Crippen molar-refractivity contribution in [3.8, 4) is 0 Å². The highest BCUT2D eigenvalue weighted by atomic mass is 16.2. The maximum absolute atomic E-state index is 12.8. The van der Waals surface area contributed by atoms with Gasteiger partial charge < -0.3 is 10.2 Å². The maximum Gasteiger partial charge on any atom is 0.228 e. The van der Waals surface area contributed by atoms with Crippen molar-refractivity contribution in [2.75, 3.05) is 26.2 Å². The summed E-state index contributed by atoms with van der Waals surface area (Å²) >= 11 is 0. The smallest absolute Gasteiger partial charge is 0.228 e. The van der Waals surface area contributed by atoms with Gasteiger partial charge in [-0.15, -0.1) is 0 Å². The lowest BCUT2D eigenvalue weighted by molar-refractivity contribution is -0.140. The van der Waals surface area contributed by atoms with E-state index in [9.17, 15) is 4.79 Å². The Morgan fingerprint density at radius 1 is 1.25 bits per heavy atom. The van der Waals surface area contributed by atoms with Crippen LogP contribution >= 0.6 is 0 Å². The Balaban J connectivity index is 2.08. The van der Waals surface area contributed by atoms with Crippen LogP contribution in [-0.4, -0.2) is 37.0 Å². The lowest BCUT2D eigenvalue weighted by Gasteiger charge is -2.31. The molecule has 1 saturated heterocycles. The first-order valence-electron chi connectivity index (χ1n) is 7.55. The average molecular weight is 274 g/mol. The first kappa shape index (κ1) is 15.0. The summed E-state index contributed by atoms with van der Waals surface area (Å²) in [5.41, 5.74) is 2.21. The molecule has 20 heavy (non-hydrogen) atoms. The third kappa shape index (κ3) is 3.60. The average Bonchev–Trinajstić information content (AvgIpc) is 2.69. The molecule has 0 atom stereocenters. The molecule has 3 nitrogen and oxygen atoms in total. The number of carbonyl (C=O) groups excluding carboxylic acids is 1. The first-order chi connectivity index (χ1) is 9.50. The molecule has 1 aromatic rings. The molecule has 110 valence electrons. The predicted molar refractivity (Wildman–Crippen MR) is 82.7 cm³/mol. The highest BCUT2D eigenvalue weighted by Gasteiger charge is 2.32. The van der Waals surface area contributed by atoms with Crippen LogP contribution in [0.25, 0.3) is 0 Å². The monoisotopic (exact) mass is 274 g/mol. The zero-order valence-corrected chi connectivity index (χ0v) is 12.9. The van der Waals surface area contributed by atoms with Crippen molar-refractivity contribution in [3.05, 3.63) is 35.4 Å². The van der Waals surface area contributed by atoms with Crippen molar-refractivity contribution in [2.45, 2.75) is 33.6 Å². The molecule has 0 radical (unpaired) electrons. The van der Waals surface area contributed by atoms with Crippen LogP contribution in [0.2, 0.25) is 0 Å². The number of benzene rings is 1. The number of rotatable bonds is 3. The summed E-state index contributed by atoms with van der Waals surface area (Å²) in [4.78, 5) is 14.8. The van der Waals surface area contributed by atoms with E-state index in [-0.39, 0.29) is 11.3 Å². The molecule has 2 rings (SSSR count). The van der Waals surface area contributed by atoms with Gasteiger partial charge in [0.25, 0.3) is 0 Å². The van der Waals surface area contributed by atoms with Gasteiger partial charge in [-0.2, -0.15) is 0 Å². The second-order valence-electron chi connectivity index (χ2n) is 6.38. The van der Waals surface area contributed by atoms with E-state index < -0.39 is 0 Å². The summed E-state index contributed by atoms with van der Waals surface area (Å²) in [5.74, 6) is 0.282. The first-order valence-corrected chi connectivity index (χ1v) is 7.55. The minimum absolute atomic E-state index is 0.282.